The zero-order chi connectivity index (χ0) is 15.9. The number of benzene rings is 1. The Morgan fingerprint density at radius 2 is 2.09 bits per heavy atom. The zero-order valence-corrected chi connectivity index (χ0v) is 14.0. The first-order valence-electron chi connectivity index (χ1n) is 7.70. The first kappa shape index (κ1) is 16.9. The van der Waals surface area contributed by atoms with Crippen LogP contribution >= 0.6 is 11.8 Å². The third kappa shape index (κ3) is 4.03. The Balaban J connectivity index is 2.10. The van der Waals surface area contributed by atoms with Crippen molar-refractivity contribution in [2.45, 2.75) is 25.8 Å². The van der Waals surface area contributed by atoms with E-state index >= 15 is 0 Å². The predicted octanol–water partition coefficient (Wildman–Crippen LogP) is 2.89. The molecular weight excluding hydrogens is 298 g/mol. The van der Waals surface area contributed by atoms with Gasteiger partial charge in [0.25, 0.3) is 0 Å². The summed E-state index contributed by atoms with van der Waals surface area (Å²) in [6.45, 7) is 2.52. The molecule has 120 valence electrons. The molecule has 0 unspecified atom stereocenters. The molecular formula is C17H23NO3S. The third-order valence-corrected chi connectivity index (χ3v) is 4.84. The Bertz CT molecular complexity index is 506. The minimum Gasteiger partial charge on any atom is -0.465 e. The van der Waals surface area contributed by atoms with Crippen LogP contribution in [0.5, 0.6) is 0 Å². The number of carbonyl (C=O) groups is 2. The molecule has 22 heavy (non-hydrogen) atoms. The normalized spacial score (nSPS) is 21.7. The molecule has 2 atom stereocenters. The Morgan fingerprint density at radius 3 is 2.77 bits per heavy atom. The number of hydrogen-bond acceptors (Lipinski definition) is 4. The molecule has 1 aromatic carbocycles. The molecule has 0 aliphatic carbocycles. The maximum Gasteiger partial charge on any atom is 0.311 e. The summed E-state index contributed by atoms with van der Waals surface area (Å²) in [6, 6.07) is 9.50. The van der Waals surface area contributed by atoms with Gasteiger partial charge < -0.3 is 9.64 Å². The van der Waals surface area contributed by atoms with Crippen LogP contribution in [-0.4, -0.2) is 41.9 Å². The molecule has 1 aliphatic rings. The van der Waals surface area contributed by atoms with Crippen LogP contribution in [0.15, 0.2) is 30.3 Å². The van der Waals surface area contributed by atoms with Gasteiger partial charge in [0.1, 0.15) is 6.61 Å². The lowest BCUT2D eigenvalue weighted by Gasteiger charge is -2.38. The van der Waals surface area contributed by atoms with Crippen LogP contribution in [0.25, 0.3) is 0 Å². The molecule has 1 heterocycles. The van der Waals surface area contributed by atoms with Gasteiger partial charge in [-0.05, 0) is 17.7 Å². The highest BCUT2D eigenvalue weighted by Gasteiger charge is 2.39. The zero-order valence-electron chi connectivity index (χ0n) is 13.2. The van der Waals surface area contributed by atoms with Gasteiger partial charge in [-0.25, -0.2) is 0 Å². The average Bonchev–Trinajstić information content (AvgIpc) is 2.54. The molecule has 2 rings (SSSR count). The second-order valence-corrected chi connectivity index (χ2v) is 6.76. The second-order valence-electron chi connectivity index (χ2n) is 5.37. The van der Waals surface area contributed by atoms with E-state index in [1.807, 2.05) is 30.3 Å². The van der Waals surface area contributed by atoms with Crippen molar-refractivity contribution >= 4 is 23.6 Å². The molecule has 0 bridgehead atoms. The van der Waals surface area contributed by atoms with Gasteiger partial charge in [0.2, 0.25) is 5.91 Å². The van der Waals surface area contributed by atoms with Crippen molar-refractivity contribution < 1.29 is 14.3 Å². The fourth-order valence-corrected chi connectivity index (χ4v) is 3.33. The Hall–Kier alpha value is -1.49. The summed E-state index contributed by atoms with van der Waals surface area (Å²) in [6.07, 6.45) is 0.964. The maximum absolute atomic E-state index is 12.4. The van der Waals surface area contributed by atoms with Crippen molar-refractivity contribution in [1.82, 2.24) is 4.90 Å². The van der Waals surface area contributed by atoms with Crippen molar-refractivity contribution in [3.63, 3.8) is 0 Å². The quantitative estimate of drug-likeness (QED) is 0.597. The first-order chi connectivity index (χ1) is 10.6. The lowest BCUT2D eigenvalue weighted by molar-refractivity contribution is -0.155. The van der Waals surface area contributed by atoms with E-state index < -0.39 is 0 Å². The summed E-state index contributed by atoms with van der Waals surface area (Å²) in [5.41, 5.74) is 0.989. The van der Waals surface area contributed by atoms with E-state index in [-0.39, 0.29) is 23.8 Å². The highest BCUT2D eigenvalue weighted by atomic mass is 32.2. The van der Waals surface area contributed by atoms with Crippen molar-refractivity contribution in [3.05, 3.63) is 35.9 Å². The molecule has 4 nitrogen and oxygen atoms in total. The molecule has 0 spiro atoms. The van der Waals surface area contributed by atoms with Crippen molar-refractivity contribution in [3.8, 4) is 0 Å². The summed E-state index contributed by atoms with van der Waals surface area (Å²) in [5.74, 6) is 1.45. The number of likely N-dealkylation sites (tertiary alicyclic amines) is 1. The maximum atomic E-state index is 12.4. The molecule has 5 heteroatoms. The van der Waals surface area contributed by atoms with Gasteiger partial charge in [-0.2, -0.15) is 11.8 Å². The van der Waals surface area contributed by atoms with E-state index in [4.69, 9.17) is 4.74 Å². The van der Waals surface area contributed by atoms with Gasteiger partial charge in [-0.3, -0.25) is 9.59 Å². The largest absolute Gasteiger partial charge is 0.465 e. The SMILES string of the molecule is CCSCCOC(=O)[C@@H]1CCC(=O)N(C)[C@@H]1c1ccccc1. The molecule has 0 aromatic heterocycles. The van der Waals surface area contributed by atoms with Crippen LogP contribution in [0.4, 0.5) is 0 Å². The predicted molar refractivity (Wildman–Crippen MR) is 88.6 cm³/mol. The molecule has 0 N–H and O–H groups in total. The lowest BCUT2D eigenvalue weighted by atomic mass is 9.84. The third-order valence-electron chi connectivity index (χ3n) is 3.98. The summed E-state index contributed by atoms with van der Waals surface area (Å²) in [7, 11) is 1.77. The van der Waals surface area contributed by atoms with Gasteiger partial charge in [-0.1, -0.05) is 37.3 Å². The highest BCUT2D eigenvalue weighted by molar-refractivity contribution is 7.99. The molecule has 0 radical (unpaired) electrons. The van der Waals surface area contributed by atoms with Crippen LogP contribution < -0.4 is 0 Å². The topological polar surface area (TPSA) is 46.6 Å². The van der Waals surface area contributed by atoms with E-state index in [0.29, 0.717) is 19.4 Å². The van der Waals surface area contributed by atoms with Crippen molar-refractivity contribution in [2.24, 2.45) is 5.92 Å². The van der Waals surface area contributed by atoms with Gasteiger partial charge in [0.05, 0.1) is 12.0 Å². The molecule has 1 amide bonds. The number of esters is 1. The van der Waals surface area contributed by atoms with Crippen molar-refractivity contribution in [2.75, 3.05) is 25.2 Å². The summed E-state index contributed by atoms with van der Waals surface area (Å²) in [4.78, 5) is 26.1. The van der Waals surface area contributed by atoms with Crippen LogP contribution in [0.3, 0.4) is 0 Å². The highest BCUT2D eigenvalue weighted by Crippen LogP contribution is 2.36. The molecule has 0 saturated carbocycles. The van der Waals surface area contributed by atoms with Crippen LogP contribution in [0, 0.1) is 5.92 Å². The minimum atomic E-state index is -0.281. The van der Waals surface area contributed by atoms with E-state index in [9.17, 15) is 9.59 Å². The molecule has 1 aromatic rings. The Kier molecular flexibility index (Phi) is 6.31. The number of rotatable bonds is 6. The van der Waals surface area contributed by atoms with Crippen LogP contribution in [0.1, 0.15) is 31.4 Å². The number of ether oxygens (including phenoxy) is 1. The van der Waals surface area contributed by atoms with Crippen molar-refractivity contribution in [1.29, 1.82) is 0 Å². The smallest absolute Gasteiger partial charge is 0.311 e. The summed E-state index contributed by atoms with van der Waals surface area (Å²) in [5, 5.41) is 0. The second kappa shape index (κ2) is 8.22. The molecule has 1 fully saturated rings. The van der Waals surface area contributed by atoms with E-state index in [1.54, 1.807) is 23.7 Å². The van der Waals surface area contributed by atoms with Gasteiger partial charge in [-0.15, -0.1) is 0 Å². The van der Waals surface area contributed by atoms with E-state index in [0.717, 1.165) is 17.1 Å². The monoisotopic (exact) mass is 321 g/mol. The van der Waals surface area contributed by atoms with Gasteiger partial charge in [0, 0.05) is 19.2 Å². The molecule has 1 aliphatic heterocycles. The molecule has 1 saturated heterocycles. The average molecular weight is 321 g/mol. The summed E-state index contributed by atoms with van der Waals surface area (Å²) >= 11 is 1.75. The standard InChI is InChI=1S/C17H23NO3S/c1-3-22-12-11-21-17(20)14-9-10-15(19)18(2)16(14)13-7-5-4-6-8-13/h4-8,14,16H,3,9-12H2,1-2H3/t14-,16-/m1/s1. The van der Waals surface area contributed by atoms with E-state index in [1.165, 1.54) is 0 Å². The minimum absolute atomic E-state index is 0.0828. The van der Waals surface area contributed by atoms with Gasteiger partial charge in [0.15, 0.2) is 0 Å². The number of carbonyl (C=O) groups excluding carboxylic acids is 2. The number of hydrogen-bond donors (Lipinski definition) is 0. The van der Waals surface area contributed by atoms with E-state index in [2.05, 4.69) is 6.92 Å². The summed E-state index contributed by atoms with van der Waals surface area (Å²) < 4.78 is 5.42. The Labute approximate surface area is 136 Å². The number of nitrogens with zero attached hydrogens (tertiary/aromatic N) is 1. The number of thioether (sulfide) groups is 1. The fourth-order valence-electron chi connectivity index (χ4n) is 2.84. The van der Waals surface area contributed by atoms with Gasteiger partial charge >= 0.3 is 5.97 Å². The first-order valence-corrected chi connectivity index (χ1v) is 8.85. The number of amides is 1. The lowest BCUT2D eigenvalue weighted by Crippen LogP contribution is -2.43. The number of piperidine rings is 1. The van der Waals surface area contributed by atoms with Crippen LogP contribution in [0.2, 0.25) is 0 Å². The fraction of sp³-hybridized carbons (Fsp3) is 0.529. The Morgan fingerprint density at radius 1 is 1.36 bits per heavy atom. The van der Waals surface area contributed by atoms with Crippen LogP contribution in [-0.2, 0) is 14.3 Å².